The van der Waals surface area contributed by atoms with Crippen molar-refractivity contribution in [3.05, 3.63) is 0 Å². The molecule has 56 valence electrons. The molecule has 0 heterocycles. The SMILES string of the molecule is CC(=N)OC(C)C.CS. The second-order valence-electron chi connectivity index (χ2n) is 1.72. The van der Waals surface area contributed by atoms with Gasteiger partial charge in [-0.15, -0.1) is 0 Å². The molecule has 0 aromatic heterocycles. The standard InChI is InChI=1S/C5H11NO.CH4S/c1-4(2)7-5(3)6;1-2/h4,6H,1-3H3;2H,1H3. The molecule has 0 aliphatic rings. The third kappa shape index (κ3) is 18.2. The van der Waals surface area contributed by atoms with Crippen LogP contribution in [0.15, 0.2) is 0 Å². The summed E-state index contributed by atoms with van der Waals surface area (Å²) in [6, 6.07) is 0. The van der Waals surface area contributed by atoms with E-state index in [4.69, 9.17) is 10.1 Å². The van der Waals surface area contributed by atoms with Crippen molar-refractivity contribution in [3.63, 3.8) is 0 Å². The van der Waals surface area contributed by atoms with Gasteiger partial charge >= 0.3 is 0 Å². The van der Waals surface area contributed by atoms with Gasteiger partial charge in [-0.25, -0.2) is 0 Å². The molecule has 1 N–H and O–H groups in total. The van der Waals surface area contributed by atoms with E-state index in [0.29, 0.717) is 0 Å². The van der Waals surface area contributed by atoms with Gasteiger partial charge in [-0.2, -0.15) is 12.6 Å². The zero-order valence-corrected chi connectivity index (χ0v) is 7.33. The van der Waals surface area contributed by atoms with E-state index in [-0.39, 0.29) is 12.0 Å². The molecular formula is C6H15NOS. The molecular weight excluding hydrogens is 134 g/mol. The maximum atomic E-state index is 6.80. The van der Waals surface area contributed by atoms with Crippen molar-refractivity contribution < 1.29 is 4.74 Å². The lowest BCUT2D eigenvalue weighted by atomic mass is 10.5. The Morgan fingerprint density at radius 1 is 1.44 bits per heavy atom. The largest absolute Gasteiger partial charge is 0.479 e. The summed E-state index contributed by atoms with van der Waals surface area (Å²) in [6.07, 6.45) is 1.84. The van der Waals surface area contributed by atoms with Crippen LogP contribution in [-0.4, -0.2) is 18.3 Å². The monoisotopic (exact) mass is 149 g/mol. The van der Waals surface area contributed by atoms with Crippen LogP contribution < -0.4 is 0 Å². The Morgan fingerprint density at radius 2 is 1.78 bits per heavy atom. The fraction of sp³-hybridized carbons (Fsp3) is 0.833. The van der Waals surface area contributed by atoms with Gasteiger partial charge in [0.2, 0.25) is 0 Å². The van der Waals surface area contributed by atoms with Crippen LogP contribution in [-0.2, 0) is 4.74 Å². The zero-order valence-electron chi connectivity index (χ0n) is 6.43. The maximum Gasteiger partial charge on any atom is 0.177 e. The number of ether oxygens (including phenoxy) is 1. The summed E-state index contributed by atoms with van der Waals surface area (Å²) in [7, 11) is 0. The first-order chi connectivity index (χ1) is 4.13. The van der Waals surface area contributed by atoms with Gasteiger partial charge in [0, 0.05) is 6.92 Å². The first-order valence-electron chi connectivity index (χ1n) is 2.79. The number of nitrogens with one attached hydrogen (secondary N) is 1. The van der Waals surface area contributed by atoms with Crippen molar-refractivity contribution in [2.24, 2.45) is 0 Å². The molecule has 0 saturated carbocycles. The number of rotatable bonds is 1. The van der Waals surface area contributed by atoms with Crippen LogP contribution in [0.25, 0.3) is 0 Å². The fourth-order valence-electron chi connectivity index (χ4n) is 0.354. The van der Waals surface area contributed by atoms with Crippen LogP contribution >= 0.6 is 12.6 Å². The summed E-state index contributed by atoms with van der Waals surface area (Å²) in [5.74, 6) is 0.287. The first-order valence-corrected chi connectivity index (χ1v) is 3.69. The lowest BCUT2D eigenvalue weighted by molar-refractivity contribution is 0.224. The second kappa shape index (κ2) is 7.82. The molecule has 0 amide bonds. The van der Waals surface area contributed by atoms with Gasteiger partial charge in [0.25, 0.3) is 0 Å². The van der Waals surface area contributed by atoms with Gasteiger partial charge in [-0.1, -0.05) is 0 Å². The third-order valence-electron chi connectivity index (χ3n) is 0.412. The van der Waals surface area contributed by atoms with E-state index in [1.807, 2.05) is 13.8 Å². The highest BCUT2D eigenvalue weighted by Gasteiger charge is 1.90. The van der Waals surface area contributed by atoms with E-state index < -0.39 is 0 Å². The normalized spacial score (nSPS) is 7.78. The van der Waals surface area contributed by atoms with Crippen LogP contribution in [0.3, 0.4) is 0 Å². The number of thiol groups is 1. The molecule has 0 spiro atoms. The summed E-state index contributed by atoms with van der Waals surface area (Å²) >= 11 is 3.53. The molecule has 0 rings (SSSR count). The van der Waals surface area contributed by atoms with E-state index in [9.17, 15) is 0 Å². The smallest absolute Gasteiger partial charge is 0.177 e. The van der Waals surface area contributed by atoms with E-state index in [2.05, 4.69) is 12.6 Å². The van der Waals surface area contributed by atoms with Gasteiger partial charge < -0.3 is 4.74 Å². The molecule has 0 radical (unpaired) electrons. The van der Waals surface area contributed by atoms with Crippen molar-refractivity contribution in [2.45, 2.75) is 26.9 Å². The molecule has 0 aromatic rings. The molecule has 0 aromatic carbocycles. The Hall–Kier alpha value is -0.180. The molecule has 0 fully saturated rings. The summed E-state index contributed by atoms with van der Waals surface area (Å²) in [4.78, 5) is 0. The predicted molar refractivity (Wildman–Crippen MR) is 44.5 cm³/mol. The van der Waals surface area contributed by atoms with E-state index >= 15 is 0 Å². The molecule has 0 saturated heterocycles. The van der Waals surface area contributed by atoms with Gasteiger partial charge in [-0.3, -0.25) is 5.41 Å². The van der Waals surface area contributed by atoms with Crippen molar-refractivity contribution in [3.8, 4) is 0 Å². The highest BCUT2D eigenvalue weighted by molar-refractivity contribution is 7.79. The van der Waals surface area contributed by atoms with Crippen LogP contribution in [0.2, 0.25) is 0 Å². The highest BCUT2D eigenvalue weighted by atomic mass is 32.1. The summed E-state index contributed by atoms with van der Waals surface area (Å²) < 4.78 is 4.83. The van der Waals surface area contributed by atoms with Crippen LogP contribution in [0, 0.1) is 5.41 Å². The fourth-order valence-corrected chi connectivity index (χ4v) is 0.354. The predicted octanol–water partition coefficient (Wildman–Crippen LogP) is 1.95. The number of hydrogen-bond acceptors (Lipinski definition) is 3. The molecule has 0 unspecified atom stereocenters. The van der Waals surface area contributed by atoms with E-state index in [0.717, 1.165) is 0 Å². The Balaban J connectivity index is 0. The Labute approximate surface area is 62.5 Å². The molecule has 3 heteroatoms. The maximum absolute atomic E-state index is 6.80. The molecule has 9 heavy (non-hydrogen) atoms. The number of hydrogen-bond donors (Lipinski definition) is 2. The molecule has 0 aliphatic carbocycles. The lowest BCUT2D eigenvalue weighted by Crippen LogP contribution is -2.05. The molecule has 0 atom stereocenters. The van der Waals surface area contributed by atoms with Gasteiger partial charge in [0.1, 0.15) is 0 Å². The quantitative estimate of drug-likeness (QED) is 0.333. The minimum atomic E-state index is 0.150. The average Bonchev–Trinajstić information content (AvgIpc) is 1.68. The van der Waals surface area contributed by atoms with Gasteiger partial charge in [0.05, 0.1) is 6.10 Å². The minimum absolute atomic E-state index is 0.150. The minimum Gasteiger partial charge on any atom is -0.479 e. The Morgan fingerprint density at radius 3 is 1.78 bits per heavy atom. The lowest BCUT2D eigenvalue weighted by Gasteiger charge is -2.04. The third-order valence-corrected chi connectivity index (χ3v) is 0.412. The van der Waals surface area contributed by atoms with Gasteiger partial charge in [0.15, 0.2) is 5.90 Å². The molecule has 0 aliphatic heterocycles. The average molecular weight is 149 g/mol. The topological polar surface area (TPSA) is 33.1 Å². The Bertz CT molecular complexity index is 73.5. The summed E-state index contributed by atoms with van der Waals surface area (Å²) in [5.41, 5.74) is 0. The molecule has 2 nitrogen and oxygen atoms in total. The van der Waals surface area contributed by atoms with E-state index in [1.165, 1.54) is 0 Å². The van der Waals surface area contributed by atoms with Crippen LogP contribution in [0.1, 0.15) is 20.8 Å². The molecule has 0 bridgehead atoms. The van der Waals surface area contributed by atoms with Crippen molar-refractivity contribution in [2.75, 3.05) is 6.26 Å². The summed E-state index contributed by atoms with van der Waals surface area (Å²) in [6.45, 7) is 5.43. The highest BCUT2D eigenvalue weighted by Crippen LogP contribution is 1.86. The van der Waals surface area contributed by atoms with Gasteiger partial charge in [-0.05, 0) is 20.1 Å². The van der Waals surface area contributed by atoms with Crippen molar-refractivity contribution >= 4 is 18.5 Å². The van der Waals surface area contributed by atoms with E-state index in [1.54, 1.807) is 13.2 Å². The second-order valence-corrected chi connectivity index (χ2v) is 1.72. The van der Waals surface area contributed by atoms with Crippen LogP contribution in [0.5, 0.6) is 0 Å². The zero-order chi connectivity index (χ0) is 7.86. The van der Waals surface area contributed by atoms with Crippen molar-refractivity contribution in [1.29, 1.82) is 5.41 Å². The first kappa shape index (κ1) is 11.6. The van der Waals surface area contributed by atoms with Crippen molar-refractivity contribution in [1.82, 2.24) is 0 Å². The van der Waals surface area contributed by atoms with Crippen LogP contribution in [0.4, 0.5) is 0 Å². The summed E-state index contributed by atoms with van der Waals surface area (Å²) in [5, 5.41) is 6.80. The Kier molecular flexibility index (Phi) is 10.1.